The lowest BCUT2D eigenvalue weighted by Crippen LogP contribution is -2.37. The molecule has 3 aromatic carbocycles. The highest BCUT2D eigenvalue weighted by atomic mass is 32.2. The molecule has 0 N–H and O–H groups in total. The monoisotopic (exact) mass is 478 g/mol. The van der Waals surface area contributed by atoms with Crippen molar-refractivity contribution in [3.05, 3.63) is 103 Å². The van der Waals surface area contributed by atoms with E-state index in [0.717, 1.165) is 0 Å². The van der Waals surface area contributed by atoms with E-state index in [-0.39, 0.29) is 17.0 Å². The van der Waals surface area contributed by atoms with E-state index in [1.54, 1.807) is 61.6 Å². The molecule has 8 heteroatoms. The number of anilines is 2. The van der Waals surface area contributed by atoms with E-state index in [4.69, 9.17) is 4.74 Å². The molecule has 0 unspecified atom stereocenters. The summed E-state index contributed by atoms with van der Waals surface area (Å²) in [4.78, 5) is 26.8. The van der Waals surface area contributed by atoms with Crippen LogP contribution >= 0.6 is 0 Å². The lowest BCUT2D eigenvalue weighted by Gasteiger charge is -2.23. The standard InChI is InChI=1S/C26H26N2O5S/c1-4-18-28(23-15-9-6-10-16-23)34(31,32)24-17-11-12-21(19-24)26(30)33-20(2)25(29)27(3)22-13-7-5-8-14-22/h4-17,19-20H,1,18H2,2-3H3/t20-/m1/s1. The van der Waals surface area contributed by atoms with Crippen molar-refractivity contribution in [1.82, 2.24) is 0 Å². The minimum atomic E-state index is -3.99. The molecular formula is C26H26N2O5S. The molecule has 3 aromatic rings. The van der Waals surface area contributed by atoms with Gasteiger partial charge in [-0.15, -0.1) is 6.58 Å². The Morgan fingerprint density at radius 2 is 1.53 bits per heavy atom. The van der Waals surface area contributed by atoms with Crippen molar-refractivity contribution in [2.75, 3.05) is 22.8 Å². The van der Waals surface area contributed by atoms with Crippen LogP contribution in [0.4, 0.5) is 11.4 Å². The molecule has 0 aliphatic carbocycles. The van der Waals surface area contributed by atoms with Gasteiger partial charge in [0.05, 0.1) is 22.7 Å². The summed E-state index contributed by atoms with van der Waals surface area (Å²) in [6, 6.07) is 23.1. The number of carbonyl (C=O) groups is 2. The lowest BCUT2D eigenvalue weighted by atomic mass is 10.2. The van der Waals surface area contributed by atoms with Gasteiger partial charge in [0.25, 0.3) is 15.9 Å². The van der Waals surface area contributed by atoms with Crippen LogP contribution in [-0.2, 0) is 19.6 Å². The average Bonchev–Trinajstić information content (AvgIpc) is 2.87. The third-order valence-electron chi connectivity index (χ3n) is 5.10. The maximum atomic E-state index is 13.3. The summed E-state index contributed by atoms with van der Waals surface area (Å²) in [6.45, 7) is 5.18. The van der Waals surface area contributed by atoms with Crippen LogP contribution in [0.1, 0.15) is 17.3 Å². The summed E-state index contributed by atoms with van der Waals surface area (Å²) < 4.78 is 33.2. The number of hydrogen-bond acceptors (Lipinski definition) is 5. The van der Waals surface area contributed by atoms with Gasteiger partial charge in [-0.25, -0.2) is 13.2 Å². The normalized spacial score (nSPS) is 11.8. The number of nitrogens with zero attached hydrogens (tertiary/aromatic N) is 2. The van der Waals surface area contributed by atoms with Crippen molar-refractivity contribution in [2.45, 2.75) is 17.9 Å². The number of sulfonamides is 1. The zero-order valence-corrected chi connectivity index (χ0v) is 19.8. The third-order valence-corrected chi connectivity index (χ3v) is 6.89. The van der Waals surface area contributed by atoms with Crippen LogP contribution < -0.4 is 9.21 Å². The van der Waals surface area contributed by atoms with Crippen molar-refractivity contribution < 1.29 is 22.7 Å². The maximum absolute atomic E-state index is 13.3. The van der Waals surface area contributed by atoms with Gasteiger partial charge in [-0.3, -0.25) is 9.10 Å². The Hall–Kier alpha value is -3.91. The Kier molecular flexibility index (Phi) is 7.86. The number of para-hydroxylation sites is 2. The molecule has 7 nitrogen and oxygen atoms in total. The van der Waals surface area contributed by atoms with Crippen molar-refractivity contribution in [3.8, 4) is 0 Å². The van der Waals surface area contributed by atoms with E-state index in [9.17, 15) is 18.0 Å². The Morgan fingerprint density at radius 1 is 0.941 bits per heavy atom. The average molecular weight is 479 g/mol. The van der Waals surface area contributed by atoms with Crippen LogP contribution in [0.3, 0.4) is 0 Å². The van der Waals surface area contributed by atoms with Crippen LogP contribution in [0.2, 0.25) is 0 Å². The van der Waals surface area contributed by atoms with Gasteiger partial charge in [-0.2, -0.15) is 0 Å². The van der Waals surface area contributed by atoms with E-state index in [1.807, 2.05) is 6.07 Å². The summed E-state index contributed by atoms with van der Waals surface area (Å²) in [7, 11) is -2.40. The predicted octanol–water partition coefficient (Wildman–Crippen LogP) is 4.28. The number of likely N-dealkylation sites (N-methyl/N-ethyl adjacent to an activating group) is 1. The summed E-state index contributed by atoms with van der Waals surface area (Å²) >= 11 is 0. The first-order valence-electron chi connectivity index (χ1n) is 10.6. The zero-order chi connectivity index (χ0) is 24.7. The second-order valence-corrected chi connectivity index (χ2v) is 9.33. The molecule has 0 aliphatic heterocycles. The van der Waals surface area contributed by atoms with E-state index in [2.05, 4.69) is 6.58 Å². The minimum absolute atomic E-state index is 0.0229. The summed E-state index contributed by atoms with van der Waals surface area (Å²) in [5, 5.41) is 0. The van der Waals surface area contributed by atoms with Gasteiger partial charge in [0.15, 0.2) is 6.10 Å². The van der Waals surface area contributed by atoms with E-state index < -0.39 is 28.0 Å². The van der Waals surface area contributed by atoms with Crippen LogP contribution in [0.25, 0.3) is 0 Å². The van der Waals surface area contributed by atoms with Gasteiger partial charge < -0.3 is 9.64 Å². The summed E-state index contributed by atoms with van der Waals surface area (Å²) in [5.74, 6) is -1.21. The molecule has 0 radical (unpaired) electrons. The molecule has 0 saturated heterocycles. The maximum Gasteiger partial charge on any atom is 0.338 e. The fraction of sp³-hybridized carbons (Fsp3) is 0.154. The molecule has 0 aliphatic rings. The lowest BCUT2D eigenvalue weighted by molar-refractivity contribution is -0.126. The van der Waals surface area contributed by atoms with Crippen LogP contribution in [0, 0.1) is 0 Å². The number of esters is 1. The van der Waals surface area contributed by atoms with Gasteiger partial charge >= 0.3 is 5.97 Å². The summed E-state index contributed by atoms with van der Waals surface area (Å²) in [5.41, 5.74) is 1.15. The number of ether oxygens (including phenoxy) is 1. The Labute approximate surface area is 199 Å². The first kappa shape index (κ1) is 24.7. The number of hydrogen-bond donors (Lipinski definition) is 0. The van der Waals surface area contributed by atoms with Gasteiger partial charge in [-0.05, 0) is 49.4 Å². The summed E-state index contributed by atoms with van der Waals surface area (Å²) in [6.07, 6.45) is 0.415. The smallest absolute Gasteiger partial charge is 0.338 e. The van der Waals surface area contributed by atoms with Crippen LogP contribution in [-0.4, -0.2) is 40.0 Å². The molecule has 0 heterocycles. The second-order valence-electron chi connectivity index (χ2n) is 7.47. The number of rotatable bonds is 9. The molecule has 176 valence electrons. The Balaban J connectivity index is 1.80. The predicted molar refractivity (Wildman–Crippen MR) is 132 cm³/mol. The van der Waals surface area contributed by atoms with Crippen molar-refractivity contribution in [1.29, 1.82) is 0 Å². The topological polar surface area (TPSA) is 84.0 Å². The van der Waals surface area contributed by atoms with E-state index in [0.29, 0.717) is 11.4 Å². The number of amides is 1. The highest BCUT2D eigenvalue weighted by Crippen LogP contribution is 2.24. The van der Waals surface area contributed by atoms with Crippen molar-refractivity contribution >= 4 is 33.3 Å². The van der Waals surface area contributed by atoms with Gasteiger partial charge in [0.2, 0.25) is 0 Å². The van der Waals surface area contributed by atoms with Crippen LogP contribution in [0.15, 0.2) is 102 Å². The van der Waals surface area contributed by atoms with Crippen molar-refractivity contribution in [3.63, 3.8) is 0 Å². The van der Waals surface area contributed by atoms with Gasteiger partial charge in [0.1, 0.15) is 0 Å². The molecule has 3 rings (SSSR count). The van der Waals surface area contributed by atoms with E-state index in [1.165, 1.54) is 46.5 Å². The van der Waals surface area contributed by atoms with Gasteiger partial charge in [-0.1, -0.05) is 48.5 Å². The number of benzene rings is 3. The SMILES string of the molecule is C=CCN(c1ccccc1)S(=O)(=O)c1cccc(C(=O)O[C@H](C)C(=O)N(C)c2ccccc2)c1. The quantitative estimate of drug-likeness (QED) is 0.339. The molecule has 0 saturated carbocycles. The molecule has 1 atom stereocenters. The van der Waals surface area contributed by atoms with E-state index >= 15 is 0 Å². The fourth-order valence-corrected chi connectivity index (χ4v) is 4.78. The van der Waals surface area contributed by atoms with Gasteiger partial charge in [0, 0.05) is 12.7 Å². The van der Waals surface area contributed by atoms with Crippen molar-refractivity contribution in [2.24, 2.45) is 0 Å². The first-order chi connectivity index (χ1) is 16.3. The largest absolute Gasteiger partial charge is 0.449 e. The fourth-order valence-electron chi connectivity index (χ4n) is 3.30. The molecule has 34 heavy (non-hydrogen) atoms. The number of carbonyl (C=O) groups excluding carboxylic acids is 2. The zero-order valence-electron chi connectivity index (χ0n) is 19.0. The third kappa shape index (κ3) is 5.52. The second kappa shape index (κ2) is 10.8. The molecular weight excluding hydrogens is 452 g/mol. The minimum Gasteiger partial charge on any atom is -0.449 e. The molecule has 0 aromatic heterocycles. The molecule has 0 bridgehead atoms. The Bertz CT molecular complexity index is 1260. The highest BCUT2D eigenvalue weighted by Gasteiger charge is 2.27. The molecule has 0 spiro atoms. The highest BCUT2D eigenvalue weighted by molar-refractivity contribution is 7.92. The molecule has 1 amide bonds. The first-order valence-corrected chi connectivity index (χ1v) is 12.0. The van der Waals surface area contributed by atoms with Crippen LogP contribution in [0.5, 0.6) is 0 Å². The Morgan fingerprint density at radius 3 is 2.12 bits per heavy atom. The molecule has 0 fully saturated rings.